The average molecular weight is 650 g/mol. The molecule has 47 heavy (non-hydrogen) atoms. The Morgan fingerprint density at radius 2 is 1.36 bits per heavy atom. The molecule has 1 aliphatic heterocycles. The largest absolute Gasteiger partial charge is 0.444 e. The molecule has 1 fully saturated rings. The molecular weight excluding hydrogens is 603 g/mol. The van der Waals surface area contributed by atoms with Crippen LogP contribution in [0, 0.1) is 13.8 Å². The van der Waals surface area contributed by atoms with Crippen LogP contribution >= 0.6 is 12.6 Å². The molecule has 0 saturated carbocycles. The molecule has 0 aliphatic carbocycles. The van der Waals surface area contributed by atoms with Gasteiger partial charge in [0.1, 0.15) is 5.60 Å². The van der Waals surface area contributed by atoms with Gasteiger partial charge in [0.25, 0.3) is 0 Å². The number of anilines is 1. The molecule has 0 aromatic heterocycles. The van der Waals surface area contributed by atoms with E-state index in [2.05, 4.69) is 88.3 Å². The van der Waals surface area contributed by atoms with Crippen LogP contribution in [0.3, 0.4) is 0 Å². The van der Waals surface area contributed by atoms with Gasteiger partial charge in [0, 0.05) is 17.6 Å². The monoisotopic (exact) mass is 649 g/mol. The van der Waals surface area contributed by atoms with Crippen molar-refractivity contribution in [2.24, 2.45) is 0 Å². The summed E-state index contributed by atoms with van der Waals surface area (Å²) in [6.07, 6.45) is 1.51. The third-order valence-electron chi connectivity index (χ3n) is 9.19. The Morgan fingerprint density at radius 3 is 1.87 bits per heavy atom. The van der Waals surface area contributed by atoms with E-state index in [1.807, 2.05) is 71.0 Å². The first-order chi connectivity index (χ1) is 22.5. The Hall–Kier alpha value is -4.07. The number of likely N-dealkylation sites (tertiary alicyclic amines) is 1. The van der Waals surface area contributed by atoms with Crippen molar-refractivity contribution in [3.63, 3.8) is 0 Å². The number of nitrogens with zero attached hydrogens (tertiary/aromatic N) is 1. The summed E-state index contributed by atoms with van der Waals surface area (Å²) in [5.74, 6) is -0.0632. The molecular formula is C40H47N3O3S. The van der Waals surface area contributed by atoms with Gasteiger partial charge in [-0.3, -0.25) is 9.69 Å². The number of amides is 2. The van der Waals surface area contributed by atoms with Crippen LogP contribution in [0.25, 0.3) is 0 Å². The molecule has 4 aromatic rings. The summed E-state index contributed by atoms with van der Waals surface area (Å²) in [6.45, 7) is 10.3. The molecule has 1 heterocycles. The maximum absolute atomic E-state index is 13.9. The highest BCUT2D eigenvalue weighted by Gasteiger charge is 2.44. The molecule has 1 aliphatic rings. The van der Waals surface area contributed by atoms with Gasteiger partial charge in [-0.2, -0.15) is 12.6 Å². The fraction of sp³-hybridized carbons (Fsp3) is 0.350. The number of carbonyl (C=O) groups is 2. The fourth-order valence-corrected chi connectivity index (χ4v) is 7.22. The lowest BCUT2D eigenvalue weighted by atomic mass is 9.66. The minimum Gasteiger partial charge on any atom is -0.444 e. The minimum absolute atomic E-state index is 0.0632. The fourth-order valence-electron chi connectivity index (χ4n) is 6.76. The van der Waals surface area contributed by atoms with Gasteiger partial charge >= 0.3 is 6.09 Å². The number of nitrogens with one attached hydrogen (secondary N) is 2. The quantitative estimate of drug-likeness (QED) is 0.119. The maximum atomic E-state index is 13.9. The van der Waals surface area contributed by atoms with E-state index in [0.29, 0.717) is 19.4 Å². The Labute approximate surface area is 285 Å². The van der Waals surface area contributed by atoms with Gasteiger partial charge in [-0.05, 0) is 87.8 Å². The summed E-state index contributed by atoms with van der Waals surface area (Å²) < 4.78 is 5.81. The van der Waals surface area contributed by atoms with Crippen molar-refractivity contribution in [1.82, 2.24) is 10.2 Å². The molecule has 6 nitrogen and oxygen atoms in total. The molecule has 3 atom stereocenters. The summed E-state index contributed by atoms with van der Waals surface area (Å²) in [5.41, 5.74) is 4.95. The highest BCUT2D eigenvalue weighted by molar-refractivity contribution is 7.81. The van der Waals surface area contributed by atoms with Gasteiger partial charge in [-0.1, -0.05) is 103 Å². The molecule has 0 spiro atoms. The number of carbonyl (C=O) groups excluding carboxylic acids is 2. The molecule has 1 saturated heterocycles. The number of ether oxygens (including phenoxy) is 1. The predicted octanol–water partition coefficient (Wildman–Crippen LogP) is 8.28. The topological polar surface area (TPSA) is 70.7 Å². The van der Waals surface area contributed by atoms with Crippen LogP contribution in [0.5, 0.6) is 0 Å². The summed E-state index contributed by atoms with van der Waals surface area (Å²) in [6, 6.07) is 36.3. The standard InChI is InChI=1S/C40H47N3O3S/c1-28-17-15-24-33(29(28)2)41-36(44)35-25-16-26-43(35)37(47)34(42-38(45)46-39(3,4)5)27-40(30-18-9-6-10-19-30,31-20-11-7-12-21-31)32-22-13-8-14-23-32/h6-15,17-24,34-35,37,47H,16,25-27H2,1-5H3,(H,41,44)(H,42,45)/t34?,35-,37?/m0/s1. The van der Waals surface area contributed by atoms with Crippen molar-refractivity contribution < 1.29 is 14.3 Å². The Bertz CT molecular complexity index is 1540. The van der Waals surface area contributed by atoms with E-state index in [1.165, 1.54) is 0 Å². The molecule has 2 N–H and O–H groups in total. The molecule has 0 bridgehead atoms. The second-order valence-corrected chi connectivity index (χ2v) is 14.0. The van der Waals surface area contributed by atoms with Crippen molar-refractivity contribution in [3.8, 4) is 0 Å². The van der Waals surface area contributed by atoms with Crippen molar-refractivity contribution in [1.29, 1.82) is 0 Å². The van der Waals surface area contributed by atoms with E-state index in [-0.39, 0.29) is 5.91 Å². The smallest absolute Gasteiger partial charge is 0.407 e. The summed E-state index contributed by atoms with van der Waals surface area (Å²) in [5, 5.41) is 5.93. The number of alkyl carbamates (subject to hydrolysis) is 1. The van der Waals surface area contributed by atoms with Gasteiger partial charge in [0.05, 0.1) is 17.5 Å². The Kier molecular flexibility index (Phi) is 10.8. The number of rotatable bonds is 10. The Morgan fingerprint density at radius 1 is 0.830 bits per heavy atom. The SMILES string of the molecule is Cc1cccc(NC(=O)[C@@H]2CCCN2C(S)C(CC(c2ccccc2)(c2ccccc2)c2ccccc2)NC(=O)OC(C)(C)C)c1C. The first-order valence-electron chi connectivity index (χ1n) is 16.5. The first kappa shape index (κ1) is 34.3. The third kappa shape index (κ3) is 7.91. The van der Waals surface area contributed by atoms with Gasteiger partial charge < -0.3 is 15.4 Å². The van der Waals surface area contributed by atoms with Crippen molar-refractivity contribution in [2.45, 2.75) is 82.4 Å². The minimum atomic E-state index is -0.683. The van der Waals surface area contributed by atoms with Crippen LogP contribution in [0.2, 0.25) is 0 Å². The van der Waals surface area contributed by atoms with Crippen LogP contribution in [0.4, 0.5) is 10.5 Å². The summed E-state index contributed by atoms with van der Waals surface area (Å²) in [7, 11) is 0. The summed E-state index contributed by atoms with van der Waals surface area (Å²) in [4.78, 5) is 29.6. The van der Waals surface area contributed by atoms with Crippen molar-refractivity contribution in [2.75, 3.05) is 11.9 Å². The Balaban J connectivity index is 1.57. The number of aryl methyl sites for hydroxylation is 1. The highest BCUT2D eigenvalue weighted by atomic mass is 32.1. The predicted molar refractivity (Wildman–Crippen MR) is 194 cm³/mol. The lowest BCUT2D eigenvalue weighted by Gasteiger charge is -2.42. The van der Waals surface area contributed by atoms with Gasteiger partial charge in [0.15, 0.2) is 0 Å². The number of hydrogen-bond acceptors (Lipinski definition) is 5. The van der Waals surface area contributed by atoms with Crippen LogP contribution in [0.15, 0.2) is 109 Å². The van der Waals surface area contributed by atoms with Crippen molar-refractivity contribution >= 4 is 30.3 Å². The second kappa shape index (κ2) is 14.8. The number of hydrogen-bond donors (Lipinski definition) is 3. The highest BCUT2D eigenvalue weighted by Crippen LogP contribution is 2.44. The van der Waals surface area contributed by atoms with Crippen molar-refractivity contribution in [3.05, 3.63) is 137 Å². The normalized spacial score (nSPS) is 16.7. The first-order valence-corrected chi connectivity index (χ1v) is 17.0. The maximum Gasteiger partial charge on any atom is 0.407 e. The zero-order chi connectivity index (χ0) is 33.6. The zero-order valence-corrected chi connectivity index (χ0v) is 29.0. The van der Waals surface area contributed by atoms with Crippen LogP contribution in [0.1, 0.15) is 67.9 Å². The third-order valence-corrected chi connectivity index (χ3v) is 9.84. The molecule has 246 valence electrons. The zero-order valence-electron chi connectivity index (χ0n) is 28.1. The number of thiol groups is 1. The van der Waals surface area contributed by atoms with E-state index >= 15 is 0 Å². The van der Waals surface area contributed by atoms with E-state index < -0.39 is 34.6 Å². The van der Waals surface area contributed by atoms with Crippen LogP contribution in [-0.4, -0.2) is 46.5 Å². The lowest BCUT2D eigenvalue weighted by molar-refractivity contribution is -0.120. The van der Waals surface area contributed by atoms with E-state index in [1.54, 1.807) is 0 Å². The van der Waals surface area contributed by atoms with E-state index in [4.69, 9.17) is 17.4 Å². The molecule has 5 rings (SSSR count). The molecule has 7 heteroatoms. The number of benzene rings is 4. The van der Waals surface area contributed by atoms with Gasteiger partial charge in [0.2, 0.25) is 5.91 Å². The lowest BCUT2D eigenvalue weighted by Crippen LogP contribution is -2.55. The average Bonchev–Trinajstić information content (AvgIpc) is 3.56. The van der Waals surface area contributed by atoms with E-state index in [0.717, 1.165) is 39.9 Å². The van der Waals surface area contributed by atoms with Crippen LogP contribution in [-0.2, 0) is 14.9 Å². The van der Waals surface area contributed by atoms with Gasteiger partial charge in [-0.15, -0.1) is 0 Å². The van der Waals surface area contributed by atoms with Gasteiger partial charge in [-0.25, -0.2) is 4.79 Å². The molecule has 4 aromatic carbocycles. The summed E-state index contributed by atoms with van der Waals surface area (Å²) >= 11 is 5.25. The van der Waals surface area contributed by atoms with Crippen LogP contribution < -0.4 is 10.6 Å². The molecule has 0 radical (unpaired) electrons. The molecule has 2 amide bonds. The molecule has 2 unspecified atom stereocenters. The van der Waals surface area contributed by atoms with E-state index in [9.17, 15) is 9.59 Å². The second-order valence-electron chi connectivity index (χ2n) is 13.5.